The normalized spacial score (nSPS) is 15.0. The molecule has 3 N–H and O–H groups in total. The zero-order chi connectivity index (χ0) is 13.0. The smallest absolute Gasteiger partial charge is 0.253 e. The fourth-order valence-corrected chi connectivity index (χ4v) is 2.02. The maximum atomic E-state index is 11.8. The third-order valence-corrected chi connectivity index (χ3v) is 3.17. The van der Waals surface area contributed by atoms with Crippen molar-refractivity contribution in [2.75, 3.05) is 24.5 Å². The molecule has 5 nitrogen and oxygen atoms in total. The summed E-state index contributed by atoms with van der Waals surface area (Å²) in [6, 6.07) is 3.71. The van der Waals surface area contributed by atoms with Crippen LogP contribution in [-0.4, -0.2) is 36.6 Å². The Hall–Kier alpha value is -1.04. The molecule has 0 saturated carbocycles. The molecule has 7 heteroatoms. The summed E-state index contributed by atoms with van der Waals surface area (Å²) in [6.45, 7) is 4.43. The first-order chi connectivity index (χ1) is 8.70. The van der Waals surface area contributed by atoms with Crippen molar-refractivity contribution < 1.29 is 4.79 Å². The summed E-state index contributed by atoms with van der Waals surface area (Å²) in [5.74, 6) is 0.837. The second kappa shape index (κ2) is 9.00. The number of hydrogen-bond acceptors (Lipinski definition) is 4. The van der Waals surface area contributed by atoms with Gasteiger partial charge in [-0.05, 0) is 31.9 Å². The Bertz CT molecular complexity index is 407. The van der Waals surface area contributed by atoms with Gasteiger partial charge in [0.15, 0.2) is 0 Å². The molecule has 1 saturated heterocycles. The summed E-state index contributed by atoms with van der Waals surface area (Å²) in [4.78, 5) is 18.4. The minimum Gasteiger partial charge on any atom is -0.357 e. The predicted molar refractivity (Wildman–Crippen MR) is 86.2 cm³/mol. The maximum absolute atomic E-state index is 11.8. The number of pyridine rings is 1. The van der Waals surface area contributed by atoms with Crippen LogP contribution in [0.25, 0.3) is 0 Å². The van der Waals surface area contributed by atoms with Gasteiger partial charge < -0.3 is 16.0 Å². The molecule has 1 aliphatic heterocycles. The minimum absolute atomic E-state index is 0. The fraction of sp³-hybridized carbons (Fsp3) is 0.538. The van der Waals surface area contributed by atoms with Crippen LogP contribution < -0.4 is 16.0 Å². The number of carbonyl (C=O) groups excluding carboxylic acids is 1. The third kappa shape index (κ3) is 4.81. The molecule has 0 bridgehead atoms. The second-order valence-corrected chi connectivity index (χ2v) is 4.71. The van der Waals surface area contributed by atoms with Crippen LogP contribution in [0.4, 0.5) is 5.82 Å². The molecule has 114 valence electrons. The number of anilines is 1. The highest BCUT2D eigenvalue weighted by Crippen LogP contribution is 2.17. The van der Waals surface area contributed by atoms with Crippen LogP contribution in [0.3, 0.4) is 0 Å². The average Bonchev–Trinajstić information content (AvgIpc) is 2.92. The molecule has 0 spiro atoms. The summed E-state index contributed by atoms with van der Waals surface area (Å²) >= 11 is 0. The molecule has 0 aromatic carbocycles. The van der Waals surface area contributed by atoms with E-state index < -0.39 is 0 Å². The molecule has 2 rings (SSSR count). The molecule has 1 aliphatic rings. The molecule has 0 aliphatic carbocycles. The van der Waals surface area contributed by atoms with Gasteiger partial charge in [0.1, 0.15) is 5.82 Å². The topological polar surface area (TPSA) is 71.2 Å². The lowest BCUT2D eigenvalue weighted by atomic mass is 10.2. The Kier molecular flexibility index (Phi) is 8.53. The molecule has 0 radical (unpaired) electrons. The lowest BCUT2D eigenvalue weighted by Crippen LogP contribution is -2.37. The summed E-state index contributed by atoms with van der Waals surface area (Å²) < 4.78 is 0. The van der Waals surface area contributed by atoms with Gasteiger partial charge in [-0.25, -0.2) is 4.98 Å². The highest BCUT2D eigenvalue weighted by atomic mass is 35.5. The van der Waals surface area contributed by atoms with Gasteiger partial charge in [0.25, 0.3) is 5.91 Å². The van der Waals surface area contributed by atoms with Crippen molar-refractivity contribution in [3.63, 3.8) is 0 Å². The van der Waals surface area contributed by atoms with Crippen LogP contribution in [0, 0.1) is 0 Å². The van der Waals surface area contributed by atoms with Gasteiger partial charge in [0.05, 0.1) is 5.56 Å². The Labute approximate surface area is 132 Å². The number of carbonyl (C=O) groups is 1. The van der Waals surface area contributed by atoms with Gasteiger partial charge in [-0.3, -0.25) is 4.79 Å². The van der Waals surface area contributed by atoms with Crippen molar-refractivity contribution in [1.82, 2.24) is 10.3 Å². The highest BCUT2D eigenvalue weighted by molar-refractivity contribution is 5.94. The van der Waals surface area contributed by atoms with Crippen molar-refractivity contribution in [1.29, 1.82) is 0 Å². The van der Waals surface area contributed by atoms with Gasteiger partial charge in [-0.15, -0.1) is 24.8 Å². The van der Waals surface area contributed by atoms with Crippen molar-refractivity contribution in [3.8, 4) is 0 Å². The van der Waals surface area contributed by atoms with Crippen LogP contribution in [0.15, 0.2) is 18.3 Å². The summed E-state index contributed by atoms with van der Waals surface area (Å²) in [6.07, 6.45) is 4.07. The van der Waals surface area contributed by atoms with Gasteiger partial charge in [0, 0.05) is 31.9 Å². The largest absolute Gasteiger partial charge is 0.357 e. The first-order valence-corrected chi connectivity index (χ1v) is 6.42. The van der Waals surface area contributed by atoms with Gasteiger partial charge in [-0.1, -0.05) is 0 Å². The van der Waals surface area contributed by atoms with E-state index in [4.69, 9.17) is 5.73 Å². The number of nitrogens with zero attached hydrogens (tertiary/aromatic N) is 2. The van der Waals surface area contributed by atoms with Crippen LogP contribution in [0.1, 0.15) is 30.1 Å². The molecule has 20 heavy (non-hydrogen) atoms. The summed E-state index contributed by atoms with van der Waals surface area (Å²) in [7, 11) is 0. The first-order valence-electron chi connectivity index (χ1n) is 6.42. The zero-order valence-corrected chi connectivity index (χ0v) is 13.2. The number of nitrogens with two attached hydrogens (primary N) is 1. The number of aromatic nitrogens is 1. The molecular formula is C13H22Cl2N4O. The van der Waals surface area contributed by atoms with Crippen molar-refractivity contribution >= 4 is 36.5 Å². The molecule has 1 fully saturated rings. The van der Waals surface area contributed by atoms with Crippen molar-refractivity contribution in [3.05, 3.63) is 23.9 Å². The van der Waals surface area contributed by atoms with Gasteiger partial charge in [-0.2, -0.15) is 0 Å². The Balaban J connectivity index is 0.00000180. The lowest BCUT2D eigenvalue weighted by molar-refractivity contribution is 0.0941. The molecule has 1 aromatic rings. The van der Waals surface area contributed by atoms with Crippen LogP contribution >= 0.6 is 24.8 Å². The molecule has 1 aromatic heterocycles. The molecular weight excluding hydrogens is 299 g/mol. The Morgan fingerprint density at radius 2 is 2.05 bits per heavy atom. The monoisotopic (exact) mass is 320 g/mol. The third-order valence-electron chi connectivity index (χ3n) is 3.17. The van der Waals surface area contributed by atoms with E-state index in [0.29, 0.717) is 12.1 Å². The van der Waals surface area contributed by atoms with E-state index in [0.717, 1.165) is 18.9 Å². The quantitative estimate of drug-likeness (QED) is 0.884. The van der Waals surface area contributed by atoms with Gasteiger partial charge in [0.2, 0.25) is 0 Å². The van der Waals surface area contributed by atoms with E-state index >= 15 is 0 Å². The number of rotatable bonds is 4. The van der Waals surface area contributed by atoms with Gasteiger partial charge >= 0.3 is 0 Å². The average molecular weight is 321 g/mol. The van der Waals surface area contributed by atoms with E-state index in [1.165, 1.54) is 12.8 Å². The van der Waals surface area contributed by atoms with Crippen LogP contribution in [0.5, 0.6) is 0 Å². The fourth-order valence-electron chi connectivity index (χ4n) is 2.02. The summed E-state index contributed by atoms with van der Waals surface area (Å²) in [5.41, 5.74) is 6.05. The predicted octanol–water partition coefficient (Wildman–Crippen LogP) is 1.60. The Morgan fingerprint density at radius 1 is 1.40 bits per heavy atom. The van der Waals surface area contributed by atoms with Crippen molar-refractivity contribution in [2.45, 2.75) is 25.8 Å². The molecule has 1 atom stereocenters. The second-order valence-electron chi connectivity index (χ2n) is 4.71. The van der Waals surface area contributed by atoms with E-state index in [1.54, 1.807) is 6.20 Å². The number of amides is 1. The van der Waals surface area contributed by atoms with E-state index in [9.17, 15) is 4.79 Å². The standard InChI is InChI=1S/C13H20N4O.2ClH/c1-10(8-14)16-13(18)11-4-5-12(15-9-11)17-6-2-3-7-17;;/h4-5,9-10H,2-3,6-8,14H2,1H3,(H,16,18);2*1H/t10-;;/m0../s1. The SMILES string of the molecule is C[C@@H](CN)NC(=O)c1ccc(N2CCCC2)nc1.Cl.Cl. The minimum atomic E-state index is -0.117. The highest BCUT2D eigenvalue weighted by Gasteiger charge is 2.14. The molecule has 2 heterocycles. The first kappa shape index (κ1) is 19.0. The zero-order valence-electron chi connectivity index (χ0n) is 11.5. The van der Waals surface area contributed by atoms with E-state index in [1.807, 2.05) is 19.1 Å². The molecule has 0 unspecified atom stereocenters. The number of nitrogens with one attached hydrogen (secondary N) is 1. The molecule has 1 amide bonds. The van der Waals surface area contributed by atoms with Crippen LogP contribution in [-0.2, 0) is 0 Å². The van der Waals surface area contributed by atoms with Crippen molar-refractivity contribution in [2.24, 2.45) is 5.73 Å². The summed E-state index contributed by atoms with van der Waals surface area (Å²) in [5, 5.41) is 2.82. The number of halogens is 2. The van der Waals surface area contributed by atoms with Crippen LogP contribution in [0.2, 0.25) is 0 Å². The maximum Gasteiger partial charge on any atom is 0.253 e. The number of hydrogen-bond donors (Lipinski definition) is 2. The lowest BCUT2D eigenvalue weighted by Gasteiger charge is -2.16. The Morgan fingerprint density at radius 3 is 2.55 bits per heavy atom. The van der Waals surface area contributed by atoms with E-state index in [2.05, 4.69) is 15.2 Å². The van der Waals surface area contributed by atoms with E-state index in [-0.39, 0.29) is 36.8 Å².